The summed E-state index contributed by atoms with van der Waals surface area (Å²) in [7, 11) is 3.30. The van der Waals surface area contributed by atoms with Crippen LogP contribution in [0.1, 0.15) is 16.8 Å². The van der Waals surface area contributed by atoms with E-state index in [1.807, 2.05) is 0 Å². The van der Waals surface area contributed by atoms with Crippen molar-refractivity contribution in [3.63, 3.8) is 0 Å². The summed E-state index contributed by atoms with van der Waals surface area (Å²) < 4.78 is 0. The quantitative estimate of drug-likeness (QED) is 0.677. The van der Waals surface area contributed by atoms with Crippen molar-refractivity contribution in [2.45, 2.75) is 6.42 Å². The van der Waals surface area contributed by atoms with Crippen LogP contribution in [0, 0.1) is 0 Å². The van der Waals surface area contributed by atoms with Gasteiger partial charge in [-0.25, -0.2) is 9.78 Å². The third-order valence-electron chi connectivity index (χ3n) is 2.46. The van der Waals surface area contributed by atoms with Gasteiger partial charge in [-0.15, -0.1) is 0 Å². The van der Waals surface area contributed by atoms with Gasteiger partial charge < -0.3 is 21.1 Å². The molecule has 0 radical (unpaired) electrons. The van der Waals surface area contributed by atoms with Gasteiger partial charge in [0.15, 0.2) is 5.82 Å². The lowest BCUT2D eigenvalue weighted by molar-refractivity contribution is -0.120. The highest BCUT2D eigenvalue weighted by atomic mass is 16.4. The second kappa shape index (κ2) is 5.85. The number of pyridine rings is 1. The van der Waals surface area contributed by atoms with E-state index in [0.717, 1.165) is 0 Å². The maximum Gasteiger partial charge on any atom is 0.337 e. The van der Waals surface area contributed by atoms with Crippen LogP contribution in [0.15, 0.2) is 12.3 Å². The first-order chi connectivity index (χ1) is 8.45. The predicted molar refractivity (Wildman–Crippen MR) is 67.6 cm³/mol. The fraction of sp³-hybridized carbons (Fsp3) is 0.364. The lowest BCUT2D eigenvalue weighted by Crippen LogP contribution is -2.27. The molecule has 98 valence electrons. The Morgan fingerprint density at radius 3 is 2.72 bits per heavy atom. The van der Waals surface area contributed by atoms with Crippen molar-refractivity contribution >= 4 is 23.4 Å². The molecule has 1 aromatic heterocycles. The van der Waals surface area contributed by atoms with E-state index in [-0.39, 0.29) is 17.2 Å². The van der Waals surface area contributed by atoms with E-state index in [1.54, 1.807) is 19.0 Å². The third kappa shape index (κ3) is 3.34. The maximum absolute atomic E-state index is 11.1. The van der Waals surface area contributed by atoms with Gasteiger partial charge in [0.1, 0.15) is 0 Å². The molecule has 0 aliphatic rings. The number of aromatic carboxylic acids is 1. The molecule has 1 heterocycles. The summed E-state index contributed by atoms with van der Waals surface area (Å²) in [5.74, 6) is -0.694. The molecule has 0 saturated heterocycles. The Bertz CT molecular complexity index is 462. The van der Waals surface area contributed by atoms with Crippen molar-refractivity contribution in [3.05, 3.63) is 17.8 Å². The molecule has 0 aliphatic heterocycles. The highest BCUT2D eigenvalue weighted by Crippen LogP contribution is 2.20. The van der Waals surface area contributed by atoms with Crippen molar-refractivity contribution in [3.8, 4) is 0 Å². The summed E-state index contributed by atoms with van der Waals surface area (Å²) in [6, 6.07) is 1.35. The zero-order valence-electron chi connectivity index (χ0n) is 10.3. The highest BCUT2D eigenvalue weighted by molar-refractivity contribution is 5.89. The molecule has 1 amide bonds. The first kappa shape index (κ1) is 13.8. The van der Waals surface area contributed by atoms with Crippen LogP contribution < -0.4 is 16.0 Å². The Balaban J connectivity index is 2.77. The van der Waals surface area contributed by atoms with E-state index in [4.69, 9.17) is 10.8 Å². The number of nitrogen functional groups attached to an aromatic ring is 1. The largest absolute Gasteiger partial charge is 0.478 e. The Morgan fingerprint density at radius 2 is 2.22 bits per heavy atom. The zero-order valence-corrected chi connectivity index (χ0v) is 10.3. The Morgan fingerprint density at radius 1 is 1.56 bits per heavy atom. The summed E-state index contributed by atoms with van der Waals surface area (Å²) in [5.41, 5.74) is 6.04. The zero-order chi connectivity index (χ0) is 13.7. The van der Waals surface area contributed by atoms with Crippen LogP contribution in [0.3, 0.4) is 0 Å². The molecule has 0 unspecified atom stereocenters. The van der Waals surface area contributed by atoms with Gasteiger partial charge in [-0.1, -0.05) is 0 Å². The number of carboxylic acids is 1. The minimum atomic E-state index is -1.08. The fourth-order valence-corrected chi connectivity index (χ4v) is 1.41. The Labute approximate surface area is 105 Å². The molecule has 18 heavy (non-hydrogen) atoms. The van der Waals surface area contributed by atoms with Crippen molar-refractivity contribution in [1.29, 1.82) is 0 Å². The van der Waals surface area contributed by atoms with Crippen molar-refractivity contribution < 1.29 is 14.7 Å². The van der Waals surface area contributed by atoms with E-state index < -0.39 is 5.97 Å². The minimum Gasteiger partial charge on any atom is -0.478 e. The van der Waals surface area contributed by atoms with Gasteiger partial charge in [-0.05, 0) is 6.07 Å². The molecule has 7 heteroatoms. The number of hydrogen-bond acceptors (Lipinski definition) is 5. The number of rotatable bonds is 5. The van der Waals surface area contributed by atoms with Crippen molar-refractivity contribution in [2.75, 3.05) is 31.3 Å². The number of nitrogens with zero attached hydrogens (tertiary/aromatic N) is 2. The highest BCUT2D eigenvalue weighted by Gasteiger charge is 2.11. The van der Waals surface area contributed by atoms with Gasteiger partial charge in [0.2, 0.25) is 5.91 Å². The average Bonchev–Trinajstić information content (AvgIpc) is 2.35. The van der Waals surface area contributed by atoms with Gasteiger partial charge >= 0.3 is 5.97 Å². The average molecular weight is 252 g/mol. The van der Waals surface area contributed by atoms with E-state index >= 15 is 0 Å². The Kier molecular flexibility index (Phi) is 4.47. The van der Waals surface area contributed by atoms with Gasteiger partial charge in [-0.3, -0.25) is 4.79 Å². The SMILES string of the molecule is CNC(=O)CCN(C)c1ncc(C(=O)O)cc1N. The predicted octanol–water partition coefficient (Wildman–Crippen LogP) is -0.0657. The van der Waals surface area contributed by atoms with E-state index in [2.05, 4.69) is 10.3 Å². The number of carbonyl (C=O) groups excluding carboxylic acids is 1. The van der Waals surface area contributed by atoms with Crippen LogP contribution in [-0.4, -0.2) is 42.6 Å². The molecule has 0 aliphatic carbocycles. The summed E-state index contributed by atoms with van der Waals surface area (Å²) in [6.45, 7) is 0.448. The van der Waals surface area contributed by atoms with Gasteiger partial charge in [0.05, 0.1) is 11.3 Å². The van der Waals surface area contributed by atoms with Crippen LogP contribution in [0.4, 0.5) is 11.5 Å². The van der Waals surface area contributed by atoms with Crippen molar-refractivity contribution in [1.82, 2.24) is 10.3 Å². The lowest BCUT2D eigenvalue weighted by atomic mass is 10.2. The topological polar surface area (TPSA) is 109 Å². The van der Waals surface area contributed by atoms with Crippen molar-refractivity contribution in [2.24, 2.45) is 0 Å². The van der Waals surface area contributed by atoms with Crippen LogP contribution in [0.5, 0.6) is 0 Å². The molecular formula is C11H16N4O3. The van der Waals surface area contributed by atoms with Gasteiger partial charge in [-0.2, -0.15) is 0 Å². The van der Waals surface area contributed by atoms with Crippen LogP contribution >= 0.6 is 0 Å². The molecule has 1 rings (SSSR count). The molecule has 0 bridgehead atoms. The van der Waals surface area contributed by atoms with Gasteiger partial charge in [0, 0.05) is 33.3 Å². The lowest BCUT2D eigenvalue weighted by Gasteiger charge is -2.19. The van der Waals surface area contributed by atoms with E-state index in [1.165, 1.54) is 12.3 Å². The smallest absolute Gasteiger partial charge is 0.337 e. The second-order valence-corrected chi connectivity index (χ2v) is 3.79. The molecular weight excluding hydrogens is 236 g/mol. The molecule has 0 saturated carbocycles. The first-order valence-corrected chi connectivity index (χ1v) is 5.36. The molecule has 0 atom stereocenters. The van der Waals surface area contributed by atoms with Crippen LogP contribution in [0.2, 0.25) is 0 Å². The normalized spacial score (nSPS) is 9.89. The molecule has 7 nitrogen and oxygen atoms in total. The number of carbonyl (C=O) groups is 2. The summed E-state index contributed by atoms with van der Waals surface area (Å²) in [4.78, 5) is 27.5. The summed E-state index contributed by atoms with van der Waals surface area (Å²) >= 11 is 0. The molecule has 1 aromatic rings. The molecule has 4 N–H and O–H groups in total. The number of amides is 1. The Hall–Kier alpha value is -2.31. The summed E-state index contributed by atoms with van der Waals surface area (Å²) in [5, 5.41) is 11.3. The fourth-order valence-electron chi connectivity index (χ4n) is 1.41. The maximum atomic E-state index is 11.1. The number of anilines is 2. The number of nitrogens with one attached hydrogen (secondary N) is 1. The summed E-state index contributed by atoms with van der Waals surface area (Å²) in [6.07, 6.45) is 1.55. The van der Waals surface area contributed by atoms with Crippen LogP contribution in [0.25, 0.3) is 0 Å². The number of aromatic nitrogens is 1. The molecule has 0 aromatic carbocycles. The van der Waals surface area contributed by atoms with E-state index in [9.17, 15) is 9.59 Å². The minimum absolute atomic E-state index is 0.0379. The van der Waals surface area contributed by atoms with E-state index in [0.29, 0.717) is 18.8 Å². The third-order valence-corrected chi connectivity index (χ3v) is 2.46. The van der Waals surface area contributed by atoms with Gasteiger partial charge in [0.25, 0.3) is 0 Å². The molecule has 0 spiro atoms. The number of hydrogen-bond donors (Lipinski definition) is 3. The monoisotopic (exact) mass is 252 g/mol. The first-order valence-electron chi connectivity index (χ1n) is 5.36. The standard InChI is InChI=1S/C11H16N4O3/c1-13-9(16)3-4-15(2)10-8(12)5-7(6-14-10)11(17)18/h5-6H,3-4,12H2,1-2H3,(H,13,16)(H,17,18). The van der Waals surface area contributed by atoms with Crippen LogP contribution in [-0.2, 0) is 4.79 Å². The number of nitrogens with two attached hydrogens (primary N) is 1. The second-order valence-electron chi connectivity index (χ2n) is 3.79. The molecule has 0 fully saturated rings. The number of carboxylic acid groups (broad SMARTS) is 1.